The van der Waals surface area contributed by atoms with Gasteiger partial charge in [-0.25, -0.2) is 0 Å². The molecule has 0 saturated carbocycles. The Balaban J connectivity index is 2.90. The lowest BCUT2D eigenvalue weighted by Crippen LogP contribution is -2.03. The fourth-order valence-corrected chi connectivity index (χ4v) is 1.85. The molecule has 0 aromatic rings. The molecular weight excluding hydrogens is 144 g/mol. The fourth-order valence-electron chi connectivity index (χ4n) is 0.616. The lowest BCUT2D eigenvalue weighted by atomic mass is 10.2. The minimum absolute atomic E-state index is 0.175. The van der Waals surface area contributed by atoms with Crippen molar-refractivity contribution < 1.29 is 17.4 Å². The Hall–Kier alpha value is -0.580. The van der Waals surface area contributed by atoms with Crippen LogP contribution in [-0.4, -0.2) is 20.1 Å². The van der Waals surface area contributed by atoms with Crippen LogP contribution in [0.15, 0.2) is 0 Å². The summed E-state index contributed by atoms with van der Waals surface area (Å²) in [5.41, 5.74) is 0. The molecule has 1 rings (SSSR count). The second-order valence-electron chi connectivity index (χ2n) is 2.03. The minimum atomic E-state index is -3.49. The summed E-state index contributed by atoms with van der Waals surface area (Å²) >= 11 is 0. The van der Waals surface area contributed by atoms with Crippen LogP contribution in [0.4, 0.5) is 0 Å². The number of hydrogen-bond donors (Lipinski definition) is 0. The van der Waals surface area contributed by atoms with Gasteiger partial charge in [0.25, 0.3) is 0 Å². The van der Waals surface area contributed by atoms with Gasteiger partial charge in [-0.2, -0.15) is 8.42 Å². The van der Waals surface area contributed by atoms with Gasteiger partial charge in [0, 0.05) is 0 Å². The molecule has 0 aromatic heterocycles. The average Bonchev–Trinajstić information content (AvgIpc) is 1.79. The first-order chi connectivity index (χ1) is 4.01. The molecule has 4 nitrogen and oxygen atoms in total. The van der Waals surface area contributed by atoms with Gasteiger partial charge in [0.05, 0.1) is 11.7 Å². The van der Waals surface area contributed by atoms with Gasteiger partial charge in [-0.15, -0.1) is 0 Å². The Morgan fingerprint density at radius 3 is 2.33 bits per heavy atom. The van der Waals surface area contributed by atoms with E-state index in [2.05, 4.69) is 4.18 Å². The fraction of sp³-hybridized carbons (Fsp3) is 0.750. The standard InChI is InChI=1S/C4H6O4S/c1-3-2-9(6,7)8-4(3)5/h3H,2H2,1H3. The maximum absolute atomic E-state index is 10.4. The van der Waals surface area contributed by atoms with Crippen molar-refractivity contribution in [2.75, 3.05) is 5.75 Å². The van der Waals surface area contributed by atoms with Crippen LogP contribution in [0.25, 0.3) is 0 Å². The molecule has 5 heteroatoms. The first-order valence-electron chi connectivity index (χ1n) is 2.47. The zero-order valence-corrected chi connectivity index (χ0v) is 5.64. The Morgan fingerprint density at radius 1 is 1.67 bits per heavy atom. The van der Waals surface area contributed by atoms with Gasteiger partial charge in [0.15, 0.2) is 0 Å². The molecule has 1 aliphatic rings. The largest absolute Gasteiger partial charge is 0.345 e. The molecule has 1 aliphatic heterocycles. The Morgan fingerprint density at radius 2 is 2.22 bits per heavy atom. The molecule has 1 atom stereocenters. The Labute approximate surface area is 52.9 Å². The lowest BCUT2D eigenvalue weighted by molar-refractivity contribution is -0.135. The van der Waals surface area contributed by atoms with Gasteiger partial charge in [-0.05, 0) is 0 Å². The van der Waals surface area contributed by atoms with Gasteiger partial charge in [0.2, 0.25) is 0 Å². The highest BCUT2D eigenvalue weighted by Gasteiger charge is 2.34. The summed E-state index contributed by atoms with van der Waals surface area (Å²) in [6, 6.07) is 0. The summed E-state index contributed by atoms with van der Waals surface area (Å²) < 4.78 is 24.8. The van der Waals surface area contributed by atoms with Crippen molar-refractivity contribution in [1.29, 1.82) is 0 Å². The molecule has 0 radical (unpaired) electrons. The number of hydrogen-bond acceptors (Lipinski definition) is 4. The minimum Gasteiger partial charge on any atom is -0.345 e. The zero-order chi connectivity index (χ0) is 7.07. The number of rotatable bonds is 0. The van der Waals surface area contributed by atoms with E-state index in [1.54, 1.807) is 0 Å². The highest BCUT2D eigenvalue weighted by molar-refractivity contribution is 7.87. The molecular formula is C4H6O4S. The van der Waals surface area contributed by atoms with Crippen molar-refractivity contribution in [1.82, 2.24) is 0 Å². The van der Waals surface area contributed by atoms with E-state index < -0.39 is 22.0 Å². The zero-order valence-electron chi connectivity index (χ0n) is 4.83. The molecule has 0 spiro atoms. The summed E-state index contributed by atoms with van der Waals surface area (Å²) in [6.45, 7) is 1.52. The van der Waals surface area contributed by atoms with Crippen molar-refractivity contribution >= 4 is 16.1 Å². The summed E-state index contributed by atoms with van der Waals surface area (Å²) in [5.74, 6) is -1.31. The summed E-state index contributed by atoms with van der Waals surface area (Å²) in [5, 5.41) is 0. The summed E-state index contributed by atoms with van der Waals surface area (Å²) in [7, 11) is -3.49. The maximum atomic E-state index is 10.4. The third-order valence-electron chi connectivity index (χ3n) is 1.07. The SMILES string of the molecule is CC1CS(=O)(=O)OC1=O. The van der Waals surface area contributed by atoms with Crippen molar-refractivity contribution in [3.05, 3.63) is 0 Å². The maximum Gasteiger partial charge on any atom is 0.326 e. The first kappa shape index (κ1) is 6.54. The topological polar surface area (TPSA) is 60.4 Å². The normalized spacial score (nSPS) is 32.1. The van der Waals surface area contributed by atoms with Gasteiger partial charge in [0.1, 0.15) is 0 Å². The molecule has 1 saturated heterocycles. The molecule has 0 aliphatic carbocycles. The second kappa shape index (κ2) is 1.70. The van der Waals surface area contributed by atoms with Crippen LogP contribution in [0.1, 0.15) is 6.92 Å². The molecule has 0 amide bonds. The van der Waals surface area contributed by atoms with Crippen molar-refractivity contribution in [3.63, 3.8) is 0 Å². The van der Waals surface area contributed by atoms with Crippen molar-refractivity contribution in [2.24, 2.45) is 5.92 Å². The van der Waals surface area contributed by atoms with Crippen LogP contribution in [0.3, 0.4) is 0 Å². The summed E-state index contributed by atoms with van der Waals surface area (Å²) in [6.07, 6.45) is 0. The van der Waals surface area contributed by atoms with Crippen LogP contribution >= 0.6 is 0 Å². The van der Waals surface area contributed by atoms with Crippen LogP contribution in [0.2, 0.25) is 0 Å². The highest BCUT2D eigenvalue weighted by atomic mass is 32.2. The second-order valence-corrected chi connectivity index (χ2v) is 3.64. The first-order valence-corrected chi connectivity index (χ1v) is 4.05. The Bertz CT molecular complexity index is 227. The van der Waals surface area contributed by atoms with Gasteiger partial charge in [-0.1, -0.05) is 6.92 Å². The van der Waals surface area contributed by atoms with Crippen LogP contribution < -0.4 is 0 Å². The van der Waals surface area contributed by atoms with E-state index in [9.17, 15) is 13.2 Å². The highest BCUT2D eigenvalue weighted by Crippen LogP contribution is 2.14. The molecule has 0 bridgehead atoms. The van der Waals surface area contributed by atoms with E-state index in [-0.39, 0.29) is 5.75 Å². The Kier molecular flexibility index (Phi) is 1.23. The third-order valence-corrected chi connectivity index (χ3v) is 2.39. The molecule has 1 fully saturated rings. The monoisotopic (exact) mass is 150 g/mol. The molecule has 1 heterocycles. The van der Waals surface area contributed by atoms with Crippen LogP contribution in [-0.2, 0) is 19.1 Å². The molecule has 9 heavy (non-hydrogen) atoms. The molecule has 1 unspecified atom stereocenters. The van der Waals surface area contributed by atoms with Gasteiger partial charge in [-0.3, -0.25) is 4.79 Å². The smallest absolute Gasteiger partial charge is 0.326 e. The van der Waals surface area contributed by atoms with E-state index in [0.717, 1.165) is 0 Å². The number of carbonyl (C=O) groups excluding carboxylic acids is 1. The molecule has 0 aromatic carbocycles. The summed E-state index contributed by atoms with van der Waals surface area (Å²) in [4.78, 5) is 10.4. The third kappa shape index (κ3) is 1.21. The van der Waals surface area contributed by atoms with Crippen molar-refractivity contribution in [2.45, 2.75) is 6.92 Å². The van der Waals surface area contributed by atoms with Crippen LogP contribution in [0.5, 0.6) is 0 Å². The van der Waals surface area contributed by atoms with Gasteiger partial charge >= 0.3 is 16.1 Å². The number of carbonyl (C=O) groups is 1. The molecule has 0 N–H and O–H groups in total. The van der Waals surface area contributed by atoms with E-state index in [0.29, 0.717) is 0 Å². The predicted molar refractivity (Wildman–Crippen MR) is 29.0 cm³/mol. The predicted octanol–water partition coefficient (Wildman–Crippen LogP) is -0.491. The lowest BCUT2D eigenvalue weighted by Gasteiger charge is -1.86. The van der Waals surface area contributed by atoms with E-state index in [4.69, 9.17) is 0 Å². The van der Waals surface area contributed by atoms with E-state index in [1.807, 2.05) is 0 Å². The van der Waals surface area contributed by atoms with Crippen molar-refractivity contribution in [3.8, 4) is 0 Å². The molecule has 52 valence electrons. The van der Waals surface area contributed by atoms with Crippen LogP contribution in [0, 0.1) is 5.92 Å². The van der Waals surface area contributed by atoms with E-state index in [1.165, 1.54) is 6.92 Å². The van der Waals surface area contributed by atoms with Gasteiger partial charge < -0.3 is 4.18 Å². The average molecular weight is 150 g/mol. The van der Waals surface area contributed by atoms with E-state index >= 15 is 0 Å². The quantitative estimate of drug-likeness (QED) is 0.437.